The summed E-state index contributed by atoms with van der Waals surface area (Å²) in [7, 11) is 3.46. The van der Waals surface area contributed by atoms with Gasteiger partial charge >= 0.3 is 5.63 Å². The first-order valence-electron chi connectivity index (χ1n) is 9.40. The Morgan fingerprint density at radius 1 is 1.11 bits per heavy atom. The molecule has 0 spiro atoms. The monoisotopic (exact) mass is 379 g/mol. The molecule has 3 aromatic rings. The molecule has 0 atom stereocenters. The van der Waals surface area contributed by atoms with Gasteiger partial charge in [-0.05, 0) is 48.7 Å². The van der Waals surface area contributed by atoms with E-state index in [1.165, 1.54) is 0 Å². The van der Waals surface area contributed by atoms with E-state index in [1.807, 2.05) is 31.2 Å². The summed E-state index contributed by atoms with van der Waals surface area (Å²) in [6.07, 6.45) is 1.79. The van der Waals surface area contributed by atoms with Gasteiger partial charge in [0, 0.05) is 36.7 Å². The lowest BCUT2D eigenvalue weighted by atomic mass is 10.0. The van der Waals surface area contributed by atoms with E-state index in [2.05, 4.69) is 6.92 Å². The van der Waals surface area contributed by atoms with Crippen LogP contribution in [0.15, 0.2) is 51.7 Å². The summed E-state index contributed by atoms with van der Waals surface area (Å²) in [4.78, 5) is 25.4. The van der Waals surface area contributed by atoms with Crippen LogP contribution in [0.1, 0.15) is 40.4 Å². The highest BCUT2D eigenvalue weighted by molar-refractivity contribution is 5.93. The smallest absolute Gasteiger partial charge is 0.336 e. The number of hydrogen-bond donors (Lipinski definition) is 0. The molecule has 0 unspecified atom stereocenters. The topological polar surface area (TPSA) is 59.8 Å². The maximum absolute atomic E-state index is 12.0. The molecule has 146 valence electrons. The predicted octanol–water partition coefficient (Wildman–Crippen LogP) is 4.33. The van der Waals surface area contributed by atoms with Gasteiger partial charge in [0.05, 0.1) is 0 Å². The number of amides is 1. The third kappa shape index (κ3) is 4.09. The third-order valence-electron chi connectivity index (χ3n) is 4.72. The molecule has 5 heteroatoms. The summed E-state index contributed by atoms with van der Waals surface area (Å²) < 4.78 is 11.4. The molecule has 28 heavy (non-hydrogen) atoms. The molecule has 5 nitrogen and oxygen atoms in total. The molecule has 1 amide bonds. The Morgan fingerprint density at radius 2 is 1.82 bits per heavy atom. The Morgan fingerprint density at radius 3 is 2.46 bits per heavy atom. The largest absolute Gasteiger partial charge is 0.488 e. The van der Waals surface area contributed by atoms with Crippen LogP contribution in [0.5, 0.6) is 5.75 Å². The predicted molar refractivity (Wildman–Crippen MR) is 110 cm³/mol. The van der Waals surface area contributed by atoms with Crippen molar-refractivity contribution in [2.45, 2.75) is 33.3 Å². The molecule has 0 N–H and O–H groups in total. The molecule has 0 fully saturated rings. The van der Waals surface area contributed by atoms with Crippen molar-refractivity contribution in [2.24, 2.45) is 0 Å². The van der Waals surface area contributed by atoms with Gasteiger partial charge in [-0.3, -0.25) is 4.79 Å². The van der Waals surface area contributed by atoms with Crippen LogP contribution in [0.25, 0.3) is 11.0 Å². The average Bonchev–Trinajstić information content (AvgIpc) is 2.68. The van der Waals surface area contributed by atoms with Gasteiger partial charge in [-0.2, -0.15) is 0 Å². The first-order valence-corrected chi connectivity index (χ1v) is 9.40. The van der Waals surface area contributed by atoms with E-state index in [0.29, 0.717) is 23.5 Å². The number of aryl methyl sites for hydroxylation is 2. The number of ether oxygens (including phenoxy) is 1. The second kappa shape index (κ2) is 8.30. The van der Waals surface area contributed by atoms with Crippen LogP contribution in [0.2, 0.25) is 0 Å². The lowest BCUT2D eigenvalue weighted by Crippen LogP contribution is -2.21. The highest BCUT2D eigenvalue weighted by Crippen LogP contribution is 2.29. The fourth-order valence-electron chi connectivity index (χ4n) is 3.20. The van der Waals surface area contributed by atoms with Crippen molar-refractivity contribution in [2.75, 3.05) is 14.1 Å². The molecular formula is C23H25NO4. The number of carbonyl (C=O) groups excluding carboxylic acids is 1. The Bertz CT molecular complexity index is 1050. The molecule has 0 radical (unpaired) electrons. The van der Waals surface area contributed by atoms with Gasteiger partial charge in [-0.25, -0.2) is 4.79 Å². The zero-order valence-corrected chi connectivity index (χ0v) is 16.7. The molecule has 0 aliphatic rings. The minimum Gasteiger partial charge on any atom is -0.488 e. The van der Waals surface area contributed by atoms with Crippen LogP contribution in [-0.2, 0) is 13.0 Å². The third-order valence-corrected chi connectivity index (χ3v) is 4.72. The minimum atomic E-state index is -0.336. The van der Waals surface area contributed by atoms with E-state index in [4.69, 9.17) is 9.15 Å². The van der Waals surface area contributed by atoms with Gasteiger partial charge in [0.2, 0.25) is 0 Å². The number of rotatable bonds is 6. The van der Waals surface area contributed by atoms with Crippen LogP contribution in [-0.4, -0.2) is 24.9 Å². The maximum Gasteiger partial charge on any atom is 0.336 e. The van der Waals surface area contributed by atoms with Crippen molar-refractivity contribution < 1.29 is 13.9 Å². The molecule has 0 saturated carbocycles. The number of nitrogens with zero attached hydrogens (tertiary/aromatic N) is 1. The van der Waals surface area contributed by atoms with Crippen molar-refractivity contribution in [1.29, 1.82) is 0 Å². The van der Waals surface area contributed by atoms with E-state index < -0.39 is 0 Å². The summed E-state index contributed by atoms with van der Waals surface area (Å²) in [5, 5.41) is 0.956. The Balaban J connectivity index is 1.82. The SMILES string of the molecule is CCCc1cc(=O)oc2c(C)c(OCc3ccc(C(=O)N(C)C)cc3)ccc12. The van der Waals surface area contributed by atoms with Gasteiger partial charge in [0.25, 0.3) is 5.91 Å². The van der Waals surface area contributed by atoms with Crippen LogP contribution in [0.4, 0.5) is 0 Å². The maximum atomic E-state index is 12.0. The summed E-state index contributed by atoms with van der Waals surface area (Å²) in [5.74, 6) is 0.647. The summed E-state index contributed by atoms with van der Waals surface area (Å²) in [6.45, 7) is 4.35. The molecule has 0 aliphatic carbocycles. The number of carbonyl (C=O) groups is 1. The Hall–Kier alpha value is -3.08. The summed E-state index contributed by atoms with van der Waals surface area (Å²) >= 11 is 0. The zero-order chi connectivity index (χ0) is 20.3. The molecular weight excluding hydrogens is 354 g/mol. The molecule has 3 rings (SSSR count). The molecule has 0 saturated heterocycles. The first-order chi connectivity index (χ1) is 13.4. The fraction of sp³-hybridized carbons (Fsp3) is 0.304. The minimum absolute atomic E-state index is 0.0317. The van der Waals surface area contributed by atoms with E-state index in [0.717, 1.165) is 34.9 Å². The van der Waals surface area contributed by atoms with E-state index in [-0.39, 0.29) is 11.5 Å². The lowest BCUT2D eigenvalue weighted by Gasteiger charge is -2.13. The van der Waals surface area contributed by atoms with Crippen molar-refractivity contribution in [1.82, 2.24) is 4.90 Å². The Kier molecular flexibility index (Phi) is 5.83. The highest BCUT2D eigenvalue weighted by Gasteiger charge is 2.12. The number of hydrogen-bond acceptors (Lipinski definition) is 4. The molecule has 0 bridgehead atoms. The van der Waals surface area contributed by atoms with Crippen LogP contribution in [0.3, 0.4) is 0 Å². The highest BCUT2D eigenvalue weighted by atomic mass is 16.5. The van der Waals surface area contributed by atoms with Crippen molar-refractivity contribution in [3.05, 3.63) is 75.1 Å². The average molecular weight is 379 g/mol. The van der Waals surface area contributed by atoms with Crippen molar-refractivity contribution >= 4 is 16.9 Å². The number of fused-ring (bicyclic) bond motifs is 1. The molecule has 0 aliphatic heterocycles. The zero-order valence-electron chi connectivity index (χ0n) is 16.7. The fourth-order valence-corrected chi connectivity index (χ4v) is 3.20. The summed E-state index contributed by atoms with van der Waals surface area (Å²) in [6, 6.07) is 12.8. The van der Waals surface area contributed by atoms with Crippen LogP contribution in [0, 0.1) is 6.92 Å². The standard InChI is InChI=1S/C23H25NO4/c1-5-6-18-13-21(25)28-22-15(2)20(12-11-19(18)22)27-14-16-7-9-17(10-8-16)23(26)24(3)4/h7-13H,5-6,14H2,1-4H3. The number of benzene rings is 2. The lowest BCUT2D eigenvalue weighted by molar-refractivity contribution is 0.0827. The van der Waals surface area contributed by atoms with Crippen LogP contribution < -0.4 is 10.4 Å². The van der Waals surface area contributed by atoms with E-state index >= 15 is 0 Å². The van der Waals surface area contributed by atoms with Crippen molar-refractivity contribution in [3.63, 3.8) is 0 Å². The first kappa shape index (κ1) is 19.7. The van der Waals surface area contributed by atoms with E-state index in [1.54, 1.807) is 37.2 Å². The summed E-state index contributed by atoms with van der Waals surface area (Å²) in [5.41, 5.74) is 3.66. The Labute approximate surface area is 164 Å². The van der Waals surface area contributed by atoms with Gasteiger partial charge in [-0.15, -0.1) is 0 Å². The van der Waals surface area contributed by atoms with Gasteiger partial charge in [0.1, 0.15) is 17.9 Å². The van der Waals surface area contributed by atoms with E-state index in [9.17, 15) is 9.59 Å². The van der Waals surface area contributed by atoms with Gasteiger partial charge in [-0.1, -0.05) is 25.5 Å². The van der Waals surface area contributed by atoms with Gasteiger partial charge in [0.15, 0.2) is 0 Å². The molecule has 2 aromatic carbocycles. The second-order valence-electron chi connectivity index (χ2n) is 7.09. The van der Waals surface area contributed by atoms with Crippen molar-refractivity contribution in [3.8, 4) is 5.75 Å². The molecule has 1 aromatic heterocycles. The van der Waals surface area contributed by atoms with Gasteiger partial charge < -0.3 is 14.1 Å². The normalized spacial score (nSPS) is 10.9. The quantitative estimate of drug-likeness (QED) is 0.598. The second-order valence-corrected chi connectivity index (χ2v) is 7.09. The van der Waals surface area contributed by atoms with Crippen LogP contribution >= 0.6 is 0 Å². The molecule has 1 heterocycles.